The molecule has 0 saturated heterocycles. The molecule has 0 radical (unpaired) electrons. The molecule has 0 unspecified atom stereocenters. The predicted octanol–water partition coefficient (Wildman–Crippen LogP) is 0.0136. The predicted molar refractivity (Wildman–Crippen MR) is 48.1 cm³/mol. The van der Waals surface area contributed by atoms with Gasteiger partial charge in [0.25, 0.3) is 0 Å². The van der Waals surface area contributed by atoms with Crippen LogP contribution in [-0.4, -0.2) is 23.9 Å². The first-order valence-electron chi connectivity index (χ1n) is 3.87. The lowest BCUT2D eigenvalue weighted by molar-refractivity contribution is 0.960. The number of nitrogens with two attached hydrogens (primary N) is 1. The van der Waals surface area contributed by atoms with Crippen molar-refractivity contribution in [2.45, 2.75) is 0 Å². The third-order valence-corrected chi connectivity index (χ3v) is 1.77. The van der Waals surface area contributed by atoms with Crippen molar-refractivity contribution in [2.75, 3.05) is 18.8 Å². The summed E-state index contributed by atoms with van der Waals surface area (Å²) in [5.74, 6) is 1.39. The van der Waals surface area contributed by atoms with Gasteiger partial charge in [-0.2, -0.15) is 0 Å². The molecule has 0 atom stereocenters. The van der Waals surface area contributed by atoms with Gasteiger partial charge in [-0.25, -0.2) is 4.98 Å². The molecule has 2 heterocycles. The Labute approximate surface area is 70.5 Å². The zero-order valence-electron chi connectivity index (χ0n) is 6.62. The van der Waals surface area contributed by atoms with Crippen LogP contribution in [0.25, 0.3) is 0 Å². The lowest BCUT2D eigenvalue weighted by Crippen LogP contribution is -2.20. The van der Waals surface area contributed by atoms with E-state index >= 15 is 0 Å². The summed E-state index contributed by atoms with van der Waals surface area (Å²) in [6.45, 7) is 1.72. The second-order valence-corrected chi connectivity index (χ2v) is 2.59. The average Bonchev–Trinajstić information content (AvgIpc) is 2.57. The summed E-state index contributed by atoms with van der Waals surface area (Å²) in [5.41, 5.74) is 6.57. The molecule has 3 N–H and O–H groups in total. The van der Waals surface area contributed by atoms with Crippen molar-refractivity contribution in [3.8, 4) is 0 Å². The van der Waals surface area contributed by atoms with Crippen LogP contribution in [-0.2, 0) is 0 Å². The largest absolute Gasteiger partial charge is 0.383 e. The molecule has 12 heavy (non-hydrogen) atoms. The van der Waals surface area contributed by atoms with E-state index < -0.39 is 0 Å². The van der Waals surface area contributed by atoms with E-state index in [0.29, 0.717) is 5.82 Å². The number of nitrogens with one attached hydrogen (secondary N) is 1. The summed E-state index contributed by atoms with van der Waals surface area (Å²) in [7, 11) is 0. The highest BCUT2D eigenvalue weighted by Crippen LogP contribution is 2.08. The summed E-state index contributed by atoms with van der Waals surface area (Å²) in [6.07, 6.45) is 1.67. The molecule has 0 amide bonds. The minimum Gasteiger partial charge on any atom is -0.383 e. The smallest absolute Gasteiger partial charge is 0.134 e. The second kappa shape index (κ2) is 2.81. The lowest BCUT2D eigenvalue weighted by atomic mass is 10.2. The van der Waals surface area contributed by atoms with E-state index in [2.05, 4.69) is 15.3 Å². The Bertz CT molecular complexity index is 319. The van der Waals surface area contributed by atoms with Crippen molar-refractivity contribution in [3.05, 3.63) is 23.9 Å². The maximum absolute atomic E-state index is 5.67. The van der Waals surface area contributed by atoms with E-state index in [-0.39, 0.29) is 0 Å². The van der Waals surface area contributed by atoms with Gasteiger partial charge in [0.1, 0.15) is 11.7 Å². The first-order valence-corrected chi connectivity index (χ1v) is 3.87. The number of rotatable bonds is 1. The van der Waals surface area contributed by atoms with Gasteiger partial charge >= 0.3 is 0 Å². The molecule has 1 aromatic rings. The Hall–Kier alpha value is -1.58. The van der Waals surface area contributed by atoms with Crippen molar-refractivity contribution in [2.24, 2.45) is 4.99 Å². The van der Waals surface area contributed by atoms with Gasteiger partial charge in [-0.1, -0.05) is 0 Å². The van der Waals surface area contributed by atoms with Gasteiger partial charge in [-0.3, -0.25) is 4.99 Å². The summed E-state index contributed by atoms with van der Waals surface area (Å²) in [4.78, 5) is 8.23. The van der Waals surface area contributed by atoms with Crippen LogP contribution in [0.2, 0.25) is 0 Å². The molecule has 4 nitrogen and oxygen atoms in total. The number of aromatic nitrogens is 1. The monoisotopic (exact) mass is 162 g/mol. The highest BCUT2D eigenvalue weighted by molar-refractivity contribution is 6.03. The standard InChI is InChI=1S/C8H10N4/c9-7-6(2-1-3-10-7)8-11-4-5-12-8/h1-3H,4-5H2,(H2,9,10)(H,11,12). The number of nitrogen functional groups attached to an aromatic ring is 1. The van der Waals surface area contributed by atoms with Crippen molar-refractivity contribution in [3.63, 3.8) is 0 Å². The van der Waals surface area contributed by atoms with E-state index in [1.54, 1.807) is 6.20 Å². The first kappa shape index (κ1) is 7.09. The third-order valence-electron chi connectivity index (χ3n) is 1.77. The number of hydrogen-bond acceptors (Lipinski definition) is 4. The Morgan fingerprint density at radius 3 is 3.08 bits per heavy atom. The number of aliphatic imine (C=N–C) groups is 1. The van der Waals surface area contributed by atoms with Crippen LogP contribution < -0.4 is 11.1 Å². The Kier molecular flexibility index (Phi) is 1.66. The van der Waals surface area contributed by atoms with Gasteiger partial charge in [-0.15, -0.1) is 0 Å². The lowest BCUT2D eigenvalue weighted by Gasteiger charge is -2.03. The fourth-order valence-electron chi connectivity index (χ4n) is 1.20. The van der Waals surface area contributed by atoms with E-state index in [9.17, 15) is 0 Å². The number of pyridine rings is 1. The molecule has 1 aliphatic rings. The number of amidine groups is 1. The maximum Gasteiger partial charge on any atom is 0.134 e. The van der Waals surface area contributed by atoms with Crippen molar-refractivity contribution < 1.29 is 0 Å². The minimum atomic E-state index is 0.533. The molecule has 0 spiro atoms. The third kappa shape index (κ3) is 1.11. The van der Waals surface area contributed by atoms with Gasteiger partial charge < -0.3 is 11.1 Å². The molecule has 0 bridgehead atoms. The molecular weight excluding hydrogens is 152 g/mol. The van der Waals surface area contributed by atoms with Gasteiger partial charge in [0, 0.05) is 12.7 Å². The highest BCUT2D eigenvalue weighted by atomic mass is 15.1. The van der Waals surface area contributed by atoms with Crippen LogP contribution in [0.15, 0.2) is 23.3 Å². The number of anilines is 1. The first-order chi connectivity index (χ1) is 5.88. The molecule has 62 valence electrons. The second-order valence-electron chi connectivity index (χ2n) is 2.59. The summed E-state index contributed by atoms with van der Waals surface area (Å²) < 4.78 is 0. The maximum atomic E-state index is 5.67. The molecule has 0 aromatic carbocycles. The van der Waals surface area contributed by atoms with Gasteiger partial charge in [-0.05, 0) is 12.1 Å². The SMILES string of the molecule is Nc1ncccc1C1=NCCN1. The summed E-state index contributed by atoms with van der Waals surface area (Å²) in [6, 6.07) is 3.77. The molecule has 2 rings (SSSR count). The van der Waals surface area contributed by atoms with E-state index in [4.69, 9.17) is 5.73 Å². The molecule has 1 aliphatic heterocycles. The van der Waals surface area contributed by atoms with Crippen LogP contribution in [0.4, 0.5) is 5.82 Å². The topological polar surface area (TPSA) is 63.3 Å². The minimum absolute atomic E-state index is 0.533. The molecule has 0 fully saturated rings. The number of hydrogen-bond donors (Lipinski definition) is 2. The van der Waals surface area contributed by atoms with Crippen LogP contribution in [0.1, 0.15) is 5.56 Å². The Morgan fingerprint density at radius 1 is 1.50 bits per heavy atom. The van der Waals surface area contributed by atoms with Gasteiger partial charge in [0.05, 0.1) is 12.1 Å². The van der Waals surface area contributed by atoms with Crippen LogP contribution in [0.5, 0.6) is 0 Å². The fourth-order valence-corrected chi connectivity index (χ4v) is 1.20. The van der Waals surface area contributed by atoms with E-state index in [0.717, 1.165) is 24.5 Å². The molecule has 0 aliphatic carbocycles. The average molecular weight is 162 g/mol. The van der Waals surface area contributed by atoms with Crippen molar-refractivity contribution in [1.29, 1.82) is 0 Å². The van der Waals surface area contributed by atoms with Gasteiger partial charge in [0.15, 0.2) is 0 Å². The van der Waals surface area contributed by atoms with Crippen LogP contribution >= 0.6 is 0 Å². The van der Waals surface area contributed by atoms with Gasteiger partial charge in [0.2, 0.25) is 0 Å². The van der Waals surface area contributed by atoms with Crippen LogP contribution in [0, 0.1) is 0 Å². The molecule has 1 aromatic heterocycles. The van der Waals surface area contributed by atoms with E-state index in [1.165, 1.54) is 0 Å². The van der Waals surface area contributed by atoms with Crippen molar-refractivity contribution in [1.82, 2.24) is 10.3 Å². The quantitative estimate of drug-likeness (QED) is 0.611. The summed E-state index contributed by atoms with van der Waals surface area (Å²) >= 11 is 0. The molecule has 4 heteroatoms. The van der Waals surface area contributed by atoms with Crippen molar-refractivity contribution >= 4 is 11.7 Å². The zero-order chi connectivity index (χ0) is 8.39. The number of nitrogens with zero attached hydrogens (tertiary/aromatic N) is 2. The Morgan fingerprint density at radius 2 is 2.42 bits per heavy atom. The fraction of sp³-hybridized carbons (Fsp3) is 0.250. The zero-order valence-corrected chi connectivity index (χ0v) is 6.62. The summed E-state index contributed by atoms with van der Waals surface area (Å²) in [5, 5.41) is 3.14. The van der Waals surface area contributed by atoms with E-state index in [1.807, 2.05) is 12.1 Å². The van der Waals surface area contributed by atoms with Crippen LogP contribution in [0.3, 0.4) is 0 Å². The molecule has 0 saturated carbocycles. The highest BCUT2D eigenvalue weighted by Gasteiger charge is 2.10. The Balaban J connectivity index is 2.39. The normalized spacial score (nSPS) is 15.5. The molecular formula is C8H10N4.